The Morgan fingerprint density at radius 3 is 2.02 bits per heavy atom. The molecule has 10 heteroatoms. The molecule has 1 aromatic rings. The van der Waals surface area contributed by atoms with Gasteiger partial charge in [-0.05, 0) is 48.6 Å². The van der Waals surface area contributed by atoms with Crippen LogP contribution in [0.3, 0.4) is 0 Å². The SMILES string of the molecule is C=C1C(O)CC[C@@]2(C)C(OC(C)=O)C(OC(C)=O)C3=C(C)C(OC(C)=O)C[C@@](O)(C(OC(=O)c4ccccc4)[C@H]12)C3(C)C. The molecule has 4 rings (SSSR count). The molecule has 2 N–H and O–H groups in total. The van der Waals surface area contributed by atoms with E-state index < -0.39 is 76.7 Å². The average Bonchev–Trinajstić information content (AvgIpc) is 2.91. The van der Waals surface area contributed by atoms with Gasteiger partial charge in [-0.25, -0.2) is 4.79 Å². The minimum absolute atomic E-state index is 0.164. The van der Waals surface area contributed by atoms with Crippen LogP contribution in [0.1, 0.15) is 78.1 Å². The van der Waals surface area contributed by atoms with E-state index in [1.165, 1.54) is 20.8 Å². The summed E-state index contributed by atoms with van der Waals surface area (Å²) in [4.78, 5) is 51.3. The smallest absolute Gasteiger partial charge is 0.338 e. The van der Waals surface area contributed by atoms with Crippen molar-refractivity contribution in [2.24, 2.45) is 16.7 Å². The summed E-state index contributed by atoms with van der Waals surface area (Å²) in [6.45, 7) is 14.9. The van der Waals surface area contributed by atoms with Crippen LogP contribution in [0.5, 0.6) is 0 Å². The zero-order valence-electron chi connectivity index (χ0n) is 25.8. The highest BCUT2D eigenvalue weighted by molar-refractivity contribution is 5.89. The predicted octanol–water partition coefficient (Wildman–Crippen LogP) is 3.83. The van der Waals surface area contributed by atoms with Crippen molar-refractivity contribution >= 4 is 23.9 Å². The van der Waals surface area contributed by atoms with Gasteiger partial charge in [0.1, 0.15) is 23.9 Å². The third kappa shape index (κ3) is 5.51. The van der Waals surface area contributed by atoms with Gasteiger partial charge in [0.2, 0.25) is 0 Å². The maximum atomic E-state index is 13.7. The molecule has 0 aromatic heterocycles. The van der Waals surface area contributed by atoms with Crippen molar-refractivity contribution in [3.05, 3.63) is 59.2 Å². The normalized spacial score (nSPS) is 35.0. The lowest BCUT2D eigenvalue weighted by Crippen LogP contribution is -2.71. The van der Waals surface area contributed by atoms with Crippen molar-refractivity contribution in [1.29, 1.82) is 0 Å². The number of ether oxygens (including phenoxy) is 4. The minimum atomic E-state index is -1.95. The van der Waals surface area contributed by atoms with Gasteiger partial charge in [-0.2, -0.15) is 0 Å². The minimum Gasteiger partial charge on any atom is -0.458 e. The van der Waals surface area contributed by atoms with Gasteiger partial charge in [0.05, 0.1) is 11.7 Å². The number of hydrogen-bond acceptors (Lipinski definition) is 10. The Kier molecular flexibility index (Phi) is 8.70. The molecule has 234 valence electrons. The number of rotatable bonds is 5. The second kappa shape index (κ2) is 11.5. The molecule has 0 heterocycles. The second-order valence-electron chi connectivity index (χ2n) is 12.8. The molecule has 0 aliphatic heterocycles. The van der Waals surface area contributed by atoms with E-state index in [4.69, 9.17) is 18.9 Å². The third-order valence-electron chi connectivity index (χ3n) is 9.77. The Morgan fingerprint density at radius 1 is 0.884 bits per heavy atom. The fourth-order valence-corrected chi connectivity index (χ4v) is 7.62. The monoisotopic (exact) mass is 598 g/mol. The highest BCUT2D eigenvalue weighted by atomic mass is 16.6. The predicted molar refractivity (Wildman–Crippen MR) is 154 cm³/mol. The lowest BCUT2D eigenvalue weighted by molar-refractivity contribution is -0.234. The van der Waals surface area contributed by atoms with Crippen LogP contribution in [0.4, 0.5) is 0 Å². The quantitative estimate of drug-likeness (QED) is 0.291. The Balaban J connectivity index is 2.09. The van der Waals surface area contributed by atoms with Crippen molar-refractivity contribution in [1.82, 2.24) is 0 Å². The number of carbonyl (C=O) groups is 4. The van der Waals surface area contributed by atoms with Crippen molar-refractivity contribution < 1.29 is 48.3 Å². The summed E-state index contributed by atoms with van der Waals surface area (Å²) < 4.78 is 24.0. The van der Waals surface area contributed by atoms with E-state index in [9.17, 15) is 29.4 Å². The largest absolute Gasteiger partial charge is 0.458 e. The van der Waals surface area contributed by atoms with Crippen LogP contribution in [0.15, 0.2) is 53.6 Å². The number of benzene rings is 1. The van der Waals surface area contributed by atoms with Gasteiger partial charge in [-0.15, -0.1) is 0 Å². The fraction of sp³-hybridized carbons (Fsp3) is 0.576. The molecular weight excluding hydrogens is 556 g/mol. The molecule has 0 radical (unpaired) electrons. The van der Waals surface area contributed by atoms with E-state index in [0.29, 0.717) is 11.1 Å². The zero-order chi connectivity index (χ0) is 32.1. The molecule has 0 spiro atoms. The molecule has 43 heavy (non-hydrogen) atoms. The molecule has 3 aliphatic carbocycles. The zero-order valence-corrected chi connectivity index (χ0v) is 25.8. The molecule has 0 amide bonds. The van der Waals surface area contributed by atoms with E-state index in [2.05, 4.69) is 6.58 Å². The van der Waals surface area contributed by atoms with E-state index in [0.717, 1.165) is 0 Å². The number of aliphatic hydroxyl groups excluding tert-OH is 1. The van der Waals surface area contributed by atoms with Crippen molar-refractivity contribution in [3.63, 3.8) is 0 Å². The highest BCUT2D eigenvalue weighted by Crippen LogP contribution is 2.62. The standard InChI is InChI=1S/C33H42O10/c1-17-23(37)14-15-32(8)26(17)28(43-30(38)22-12-10-9-11-13-22)33(39)16-24(40-19(3)34)18(2)25(31(33,6)7)27(41-20(4)35)29(32)42-21(5)36/h9-13,23-24,26-29,37,39H,1,14-16H2,2-8H3/t23?,24?,26-,27?,28?,29?,32+,33+/m0/s1. The van der Waals surface area contributed by atoms with Gasteiger partial charge in [-0.1, -0.05) is 45.5 Å². The molecule has 8 atom stereocenters. The van der Waals surface area contributed by atoms with E-state index in [1.54, 1.807) is 58.0 Å². The van der Waals surface area contributed by atoms with Crippen LogP contribution in [0.2, 0.25) is 0 Å². The summed E-state index contributed by atoms with van der Waals surface area (Å²) in [6, 6.07) is 8.29. The van der Waals surface area contributed by atoms with Crippen LogP contribution in [0.25, 0.3) is 0 Å². The topological polar surface area (TPSA) is 146 Å². The molecule has 2 bridgehead atoms. The first-order chi connectivity index (χ1) is 20.0. The van der Waals surface area contributed by atoms with Crippen LogP contribution in [-0.2, 0) is 33.3 Å². The van der Waals surface area contributed by atoms with Crippen molar-refractivity contribution in [2.75, 3.05) is 0 Å². The second-order valence-corrected chi connectivity index (χ2v) is 12.8. The first-order valence-electron chi connectivity index (χ1n) is 14.5. The Morgan fingerprint density at radius 2 is 1.47 bits per heavy atom. The maximum absolute atomic E-state index is 13.7. The molecule has 0 saturated heterocycles. The van der Waals surface area contributed by atoms with Crippen LogP contribution in [0, 0.1) is 16.7 Å². The Labute approximate surface area is 252 Å². The summed E-state index contributed by atoms with van der Waals surface area (Å²) in [5.74, 6) is -3.60. The molecule has 3 aliphatic rings. The molecule has 1 aromatic carbocycles. The number of aliphatic hydroxyl groups is 2. The van der Waals surface area contributed by atoms with E-state index in [1.807, 2.05) is 0 Å². The summed E-state index contributed by atoms with van der Waals surface area (Å²) in [5, 5.41) is 24.1. The van der Waals surface area contributed by atoms with Crippen LogP contribution in [-0.4, -0.2) is 70.2 Å². The summed E-state index contributed by atoms with van der Waals surface area (Å²) in [6.07, 6.45) is -5.39. The number of hydrogen-bond donors (Lipinski definition) is 2. The third-order valence-corrected chi connectivity index (χ3v) is 9.77. The van der Waals surface area contributed by atoms with Crippen molar-refractivity contribution in [3.8, 4) is 0 Å². The Bertz CT molecular complexity index is 1350. The molecular formula is C33H42O10. The first kappa shape index (κ1) is 32.4. The number of carbonyl (C=O) groups excluding carboxylic acids is 4. The molecule has 5 unspecified atom stereocenters. The van der Waals surface area contributed by atoms with Gasteiger partial charge >= 0.3 is 23.9 Å². The van der Waals surface area contributed by atoms with Gasteiger partial charge < -0.3 is 29.2 Å². The Hall–Kier alpha value is -3.50. The number of fused-ring (bicyclic) bond motifs is 3. The van der Waals surface area contributed by atoms with Gasteiger partial charge in [-0.3, -0.25) is 14.4 Å². The fourth-order valence-electron chi connectivity index (χ4n) is 7.62. The molecule has 2 saturated carbocycles. The number of esters is 4. The van der Waals surface area contributed by atoms with E-state index >= 15 is 0 Å². The summed E-state index contributed by atoms with van der Waals surface area (Å²) >= 11 is 0. The molecule has 10 nitrogen and oxygen atoms in total. The molecule has 2 fully saturated rings. The summed E-state index contributed by atoms with van der Waals surface area (Å²) in [7, 11) is 0. The first-order valence-corrected chi connectivity index (χ1v) is 14.5. The average molecular weight is 599 g/mol. The van der Waals surface area contributed by atoms with Gasteiger partial charge in [0.25, 0.3) is 0 Å². The lowest BCUT2D eigenvalue weighted by Gasteiger charge is -2.62. The maximum Gasteiger partial charge on any atom is 0.338 e. The van der Waals surface area contributed by atoms with E-state index in [-0.39, 0.29) is 30.4 Å². The highest BCUT2D eigenvalue weighted by Gasteiger charge is 2.69. The van der Waals surface area contributed by atoms with Crippen LogP contribution < -0.4 is 0 Å². The van der Waals surface area contributed by atoms with Crippen LogP contribution >= 0.6 is 0 Å². The van der Waals surface area contributed by atoms with Gasteiger partial charge in [0, 0.05) is 43.9 Å². The lowest BCUT2D eigenvalue weighted by atomic mass is 9.47. The summed E-state index contributed by atoms with van der Waals surface area (Å²) in [5.41, 5.74) is -2.96. The van der Waals surface area contributed by atoms with Gasteiger partial charge in [0.15, 0.2) is 6.10 Å². The van der Waals surface area contributed by atoms with Crippen molar-refractivity contribution in [2.45, 2.75) is 104 Å².